The minimum absolute atomic E-state index is 0.0341. The Kier molecular flexibility index (Phi) is 7.88. The van der Waals surface area contributed by atoms with Crippen molar-refractivity contribution in [1.29, 1.82) is 0 Å². The average molecular weight is 528 g/mol. The molecule has 3 N–H and O–H groups in total. The van der Waals surface area contributed by atoms with Gasteiger partial charge in [-0.1, -0.05) is 12.1 Å². The normalized spacial score (nSPS) is 22.4. The third-order valence-electron chi connectivity index (χ3n) is 7.91. The lowest BCUT2D eigenvalue weighted by Gasteiger charge is -2.39. The lowest BCUT2D eigenvalue weighted by Crippen LogP contribution is -2.48. The molecule has 2 aromatic carbocycles. The van der Waals surface area contributed by atoms with Crippen LogP contribution in [0.25, 0.3) is 17.0 Å². The summed E-state index contributed by atoms with van der Waals surface area (Å²) in [4.78, 5) is 19.3. The number of hydrogen-bond donors (Lipinski definition) is 3. The molecule has 0 radical (unpaired) electrons. The maximum Gasteiger partial charge on any atom is 0.246 e. The van der Waals surface area contributed by atoms with Crippen LogP contribution < -0.4 is 0 Å². The van der Waals surface area contributed by atoms with Gasteiger partial charge in [-0.05, 0) is 67.1 Å². The van der Waals surface area contributed by atoms with E-state index in [-0.39, 0.29) is 29.1 Å². The number of para-hydroxylation sites is 1. The first kappa shape index (κ1) is 26.5. The van der Waals surface area contributed by atoms with Gasteiger partial charge >= 0.3 is 0 Å². The van der Waals surface area contributed by atoms with Gasteiger partial charge in [0.2, 0.25) is 5.91 Å². The molecule has 0 saturated carbocycles. The van der Waals surface area contributed by atoms with Crippen LogP contribution in [0, 0.1) is 23.4 Å². The zero-order valence-corrected chi connectivity index (χ0v) is 21.0. The number of hydrogen-bond acceptors (Lipinski definition) is 4. The van der Waals surface area contributed by atoms with E-state index in [0.29, 0.717) is 57.5 Å². The Bertz CT molecular complexity index is 1300. The van der Waals surface area contributed by atoms with E-state index < -0.39 is 23.8 Å². The number of nitrogens with one attached hydrogen (secondary N) is 1. The molecular formula is C29H32F3N3O3. The average Bonchev–Trinajstić information content (AvgIpc) is 3.32. The molecular weight excluding hydrogens is 495 g/mol. The van der Waals surface area contributed by atoms with Crippen LogP contribution in [0.5, 0.6) is 0 Å². The summed E-state index contributed by atoms with van der Waals surface area (Å²) in [5.74, 6) is -2.01. The van der Waals surface area contributed by atoms with E-state index in [2.05, 4.69) is 9.88 Å². The largest absolute Gasteiger partial charge is 0.392 e. The smallest absolute Gasteiger partial charge is 0.246 e. The first-order chi connectivity index (χ1) is 18.3. The second-order valence-corrected chi connectivity index (χ2v) is 10.4. The molecule has 2 saturated heterocycles. The van der Waals surface area contributed by atoms with Gasteiger partial charge in [0.15, 0.2) is 0 Å². The Balaban J connectivity index is 1.10. The number of amides is 1. The maximum atomic E-state index is 14.1. The quantitative estimate of drug-likeness (QED) is 0.423. The molecule has 3 unspecified atom stereocenters. The van der Waals surface area contributed by atoms with Gasteiger partial charge in [-0.15, -0.1) is 0 Å². The van der Waals surface area contributed by atoms with E-state index in [1.54, 1.807) is 17.2 Å². The number of likely N-dealkylation sites (tertiary alicyclic amines) is 2. The summed E-state index contributed by atoms with van der Waals surface area (Å²) in [5, 5.41) is 22.6. The van der Waals surface area contributed by atoms with Crippen molar-refractivity contribution < 1.29 is 28.2 Å². The second-order valence-electron chi connectivity index (χ2n) is 10.4. The van der Waals surface area contributed by atoms with Crippen molar-refractivity contribution in [3.63, 3.8) is 0 Å². The van der Waals surface area contributed by atoms with Crippen molar-refractivity contribution in [2.75, 3.05) is 32.7 Å². The van der Waals surface area contributed by atoms with Gasteiger partial charge in [-0.3, -0.25) is 9.69 Å². The molecule has 6 nitrogen and oxygen atoms in total. The predicted molar refractivity (Wildman–Crippen MR) is 139 cm³/mol. The van der Waals surface area contributed by atoms with Gasteiger partial charge in [0, 0.05) is 55.8 Å². The standard InChI is InChI=1S/C29H32F3N3O3/c30-20-12-18(13-21(31)14-20)4-5-28(38)35-10-6-19(7-11-35)26(36)16-34-9-8-22(27(37)17-34)24-15-33-29-23(24)2-1-3-25(29)32/h1-5,12-15,19,22,26-27,33,36-37H,6-11,16-17H2/b5-4+. The zero-order chi connectivity index (χ0) is 26.8. The summed E-state index contributed by atoms with van der Waals surface area (Å²) in [6, 6.07) is 8.06. The van der Waals surface area contributed by atoms with Gasteiger partial charge in [-0.25, -0.2) is 13.2 Å². The van der Waals surface area contributed by atoms with Crippen LogP contribution >= 0.6 is 0 Å². The number of aliphatic hydroxyl groups is 2. The number of halogens is 3. The number of aromatic amines is 1. The summed E-state index contributed by atoms with van der Waals surface area (Å²) in [6.07, 6.45) is 5.29. The van der Waals surface area contributed by atoms with E-state index in [0.717, 1.165) is 29.1 Å². The summed E-state index contributed by atoms with van der Waals surface area (Å²) in [5.41, 5.74) is 1.65. The maximum absolute atomic E-state index is 14.1. The van der Waals surface area contributed by atoms with Crippen LogP contribution in [0.1, 0.15) is 36.3 Å². The summed E-state index contributed by atoms with van der Waals surface area (Å²) in [6.45, 7) is 2.56. The van der Waals surface area contributed by atoms with Crippen LogP contribution in [0.2, 0.25) is 0 Å². The molecule has 2 aliphatic rings. The number of nitrogens with zero attached hydrogens (tertiary/aromatic N) is 2. The lowest BCUT2D eigenvalue weighted by atomic mass is 9.86. The molecule has 38 heavy (non-hydrogen) atoms. The fraction of sp³-hybridized carbons (Fsp3) is 0.414. The van der Waals surface area contributed by atoms with Crippen molar-refractivity contribution in [1.82, 2.24) is 14.8 Å². The molecule has 9 heteroatoms. The molecule has 1 amide bonds. The minimum atomic E-state index is -0.697. The monoisotopic (exact) mass is 527 g/mol. The predicted octanol–water partition coefficient (Wildman–Crippen LogP) is 4.05. The van der Waals surface area contributed by atoms with Crippen LogP contribution in [0.15, 0.2) is 48.7 Å². The fourth-order valence-corrected chi connectivity index (χ4v) is 5.83. The fourth-order valence-electron chi connectivity index (χ4n) is 5.83. The first-order valence-electron chi connectivity index (χ1n) is 13.1. The van der Waals surface area contributed by atoms with E-state index in [1.165, 1.54) is 18.2 Å². The Morgan fingerprint density at radius 1 is 1.08 bits per heavy atom. The number of carbonyl (C=O) groups excluding carboxylic acids is 1. The SMILES string of the molecule is O=C(/C=C/c1cc(F)cc(F)c1)N1CCC(C(O)CN2CCC(c3c[nH]c4c(F)cccc34)C(O)C2)CC1. The van der Waals surface area contributed by atoms with Crippen LogP contribution in [0.4, 0.5) is 13.2 Å². The first-order valence-corrected chi connectivity index (χ1v) is 13.1. The Labute approximate surface area is 219 Å². The number of rotatable bonds is 6. The van der Waals surface area contributed by atoms with Gasteiger partial charge in [0.05, 0.1) is 17.7 Å². The number of β-amino-alcohol motifs (C(OH)–C–C–N with tert-alkyl or cyclic N) is 2. The van der Waals surface area contributed by atoms with Crippen molar-refractivity contribution >= 4 is 22.9 Å². The molecule has 0 spiro atoms. The van der Waals surface area contributed by atoms with Crippen molar-refractivity contribution in [3.8, 4) is 0 Å². The minimum Gasteiger partial charge on any atom is -0.392 e. The van der Waals surface area contributed by atoms with E-state index in [4.69, 9.17) is 0 Å². The Hall–Kier alpha value is -3.14. The van der Waals surface area contributed by atoms with Gasteiger partial charge in [0.1, 0.15) is 17.5 Å². The number of carbonyl (C=O) groups is 1. The number of aliphatic hydroxyl groups excluding tert-OH is 2. The van der Waals surface area contributed by atoms with Crippen LogP contribution in [-0.4, -0.2) is 75.8 Å². The number of H-pyrrole nitrogens is 1. The summed E-state index contributed by atoms with van der Waals surface area (Å²) < 4.78 is 40.8. The van der Waals surface area contributed by atoms with E-state index >= 15 is 0 Å². The molecule has 5 rings (SSSR count). The molecule has 3 heterocycles. The number of aromatic nitrogens is 1. The topological polar surface area (TPSA) is 79.8 Å². The van der Waals surface area contributed by atoms with Gasteiger partial charge in [0.25, 0.3) is 0 Å². The van der Waals surface area contributed by atoms with Crippen LogP contribution in [-0.2, 0) is 4.79 Å². The highest BCUT2D eigenvalue weighted by atomic mass is 19.1. The number of fused-ring (bicyclic) bond motifs is 1. The van der Waals surface area contributed by atoms with Crippen molar-refractivity contribution in [3.05, 3.63) is 77.2 Å². The van der Waals surface area contributed by atoms with Crippen molar-refractivity contribution in [2.24, 2.45) is 5.92 Å². The lowest BCUT2D eigenvalue weighted by molar-refractivity contribution is -0.128. The highest BCUT2D eigenvalue weighted by Crippen LogP contribution is 2.34. The third kappa shape index (κ3) is 5.80. The zero-order valence-electron chi connectivity index (χ0n) is 21.0. The molecule has 3 aromatic rings. The molecule has 202 valence electrons. The summed E-state index contributed by atoms with van der Waals surface area (Å²) in [7, 11) is 0. The molecule has 2 fully saturated rings. The van der Waals surface area contributed by atoms with E-state index in [9.17, 15) is 28.2 Å². The number of piperidine rings is 2. The van der Waals surface area contributed by atoms with Crippen molar-refractivity contribution in [2.45, 2.75) is 37.4 Å². The molecule has 0 aliphatic carbocycles. The molecule has 1 aromatic heterocycles. The molecule has 2 aliphatic heterocycles. The summed E-state index contributed by atoms with van der Waals surface area (Å²) >= 11 is 0. The third-order valence-corrected chi connectivity index (χ3v) is 7.91. The second kappa shape index (κ2) is 11.3. The Morgan fingerprint density at radius 3 is 2.53 bits per heavy atom. The van der Waals surface area contributed by atoms with Crippen LogP contribution in [0.3, 0.4) is 0 Å². The highest BCUT2D eigenvalue weighted by molar-refractivity contribution is 5.91. The Morgan fingerprint density at radius 2 is 1.82 bits per heavy atom. The molecule has 3 atom stereocenters. The van der Waals surface area contributed by atoms with Gasteiger partial charge < -0.3 is 20.1 Å². The number of benzene rings is 2. The highest BCUT2D eigenvalue weighted by Gasteiger charge is 2.33. The molecule has 0 bridgehead atoms. The van der Waals surface area contributed by atoms with Gasteiger partial charge in [-0.2, -0.15) is 0 Å². The van der Waals surface area contributed by atoms with E-state index in [1.807, 2.05) is 6.07 Å².